The highest BCUT2D eigenvalue weighted by Crippen LogP contribution is 2.19. The Balaban J connectivity index is 1.80. The average molecular weight is 1250 g/mol. The second-order valence-corrected chi connectivity index (χ2v) is 26.5. The number of nitrogens with zero attached hydrogens (tertiary/aromatic N) is 5. The fraction of sp³-hybridized carbons (Fsp3) is 0.714. The summed E-state index contributed by atoms with van der Waals surface area (Å²) in [6.07, 6.45) is -0.839. The summed E-state index contributed by atoms with van der Waals surface area (Å²) < 4.78 is 46.7. The molecule has 2 atom stereocenters. The van der Waals surface area contributed by atoms with Gasteiger partial charge in [0.25, 0.3) is 5.56 Å². The summed E-state index contributed by atoms with van der Waals surface area (Å²) in [5.74, 6) is -2.81. The number of pyridine rings is 1. The van der Waals surface area contributed by atoms with Crippen LogP contribution in [-0.2, 0) is 73.3 Å². The van der Waals surface area contributed by atoms with Gasteiger partial charge in [0.05, 0.1) is 71.0 Å². The van der Waals surface area contributed by atoms with E-state index in [9.17, 15) is 38.4 Å². The van der Waals surface area contributed by atoms with E-state index >= 15 is 0 Å². The number of hydrogen-bond acceptors (Lipinski definition) is 21. The van der Waals surface area contributed by atoms with Crippen LogP contribution in [0.25, 0.3) is 0 Å². The molecule has 88 heavy (non-hydrogen) atoms. The first-order valence-corrected chi connectivity index (χ1v) is 30.5. The maximum Gasteiger partial charge on any atom is 0.407 e. The summed E-state index contributed by atoms with van der Waals surface area (Å²) in [6.45, 7) is 30.0. The molecule has 2 heterocycles. The predicted molar refractivity (Wildman–Crippen MR) is 330 cm³/mol. The van der Waals surface area contributed by atoms with Gasteiger partial charge >= 0.3 is 30.0 Å². The highest BCUT2D eigenvalue weighted by atomic mass is 16.7. The quantitative estimate of drug-likeness (QED) is 0.0554. The summed E-state index contributed by atoms with van der Waals surface area (Å²) in [4.78, 5) is 121. The van der Waals surface area contributed by atoms with E-state index in [2.05, 4.69) is 16.0 Å². The van der Waals surface area contributed by atoms with Crippen molar-refractivity contribution in [2.45, 2.75) is 170 Å². The highest BCUT2D eigenvalue weighted by molar-refractivity contribution is 5.81. The zero-order chi connectivity index (χ0) is 65.7. The van der Waals surface area contributed by atoms with Crippen LogP contribution >= 0.6 is 0 Å². The first kappa shape index (κ1) is 76.0. The maximum absolute atomic E-state index is 14.4. The van der Waals surface area contributed by atoms with Gasteiger partial charge in [0, 0.05) is 84.4 Å². The van der Waals surface area contributed by atoms with E-state index < -0.39 is 87.4 Å². The first-order chi connectivity index (χ1) is 41.0. The van der Waals surface area contributed by atoms with Crippen LogP contribution < -0.4 is 26.3 Å². The van der Waals surface area contributed by atoms with Gasteiger partial charge in [-0.2, -0.15) is 0 Å². The van der Waals surface area contributed by atoms with Crippen LogP contribution in [0.4, 0.5) is 4.79 Å². The van der Waals surface area contributed by atoms with Crippen LogP contribution in [0.3, 0.4) is 0 Å². The second-order valence-electron chi connectivity index (χ2n) is 26.5. The molecular formula is C63H104N8O17. The normalized spacial score (nSPS) is 15.5. The van der Waals surface area contributed by atoms with E-state index in [0.29, 0.717) is 31.9 Å². The fourth-order valence-corrected chi connectivity index (χ4v) is 8.75. The van der Waals surface area contributed by atoms with Crippen LogP contribution in [0.1, 0.15) is 140 Å². The molecule has 1 aromatic heterocycles. The molecule has 2 unspecified atom stereocenters. The summed E-state index contributed by atoms with van der Waals surface area (Å²) >= 11 is 0. The van der Waals surface area contributed by atoms with Crippen molar-refractivity contribution in [1.82, 2.24) is 40.3 Å². The number of carbonyl (C=O) groups is 7. The number of aromatic nitrogens is 1. The number of esters is 4. The summed E-state index contributed by atoms with van der Waals surface area (Å²) in [6, 6.07) is 11.9. The molecule has 3 amide bonds. The monoisotopic (exact) mass is 1240 g/mol. The van der Waals surface area contributed by atoms with E-state index in [1.807, 2.05) is 49.9 Å². The molecule has 0 aliphatic carbocycles. The number of ether oxygens (including phenoxy) is 8. The van der Waals surface area contributed by atoms with Crippen molar-refractivity contribution < 1.29 is 76.3 Å². The maximum atomic E-state index is 14.4. The molecule has 0 radical (unpaired) electrons. The minimum atomic E-state index is -0.974. The number of rotatable bonds is 30. The minimum absolute atomic E-state index is 0.00669. The molecule has 3 N–H and O–H groups in total. The van der Waals surface area contributed by atoms with Crippen LogP contribution in [0, 0.1) is 0 Å². The van der Waals surface area contributed by atoms with E-state index in [1.54, 1.807) is 116 Å². The van der Waals surface area contributed by atoms with E-state index in [1.165, 1.54) is 6.07 Å². The van der Waals surface area contributed by atoms with Gasteiger partial charge in [0.15, 0.2) is 0 Å². The van der Waals surface area contributed by atoms with Crippen LogP contribution in [0.5, 0.6) is 0 Å². The van der Waals surface area contributed by atoms with Gasteiger partial charge in [-0.25, -0.2) is 4.79 Å². The minimum Gasteiger partial charge on any atom is -0.459 e. The van der Waals surface area contributed by atoms with Crippen LogP contribution in [0.15, 0.2) is 53.3 Å². The van der Waals surface area contributed by atoms with Crippen molar-refractivity contribution in [2.75, 3.05) is 125 Å². The van der Waals surface area contributed by atoms with Gasteiger partial charge in [0.2, 0.25) is 11.8 Å². The third-order valence-corrected chi connectivity index (χ3v) is 12.4. The molecule has 3 rings (SSSR count). The summed E-state index contributed by atoms with van der Waals surface area (Å²) in [5.41, 5.74) is -3.09. The lowest BCUT2D eigenvalue weighted by Crippen LogP contribution is -2.53. The topological polar surface area (TPSA) is 274 Å². The van der Waals surface area contributed by atoms with Crippen molar-refractivity contribution >= 4 is 41.8 Å². The molecule has 0 saturated carbocycles. The number of nitrogens with one attached hydrogen (secondary N) is 3. The largest absolute Gasteiger partial charge is 0.459 e. The van der Waals surface area contributed by atoms with Crippen molar-refractivity contribution in [3.8, 4) is 0 Å². The molecule has 2 aromatic rings. The first-order valence-electron chi connectivity index (χ1n) is 30.5. The third kappa shape index (κ3) is 35.1. The smallest absolute Gasteiger partial charge is 0.407 e. The molecule has 25 heteroatoms. The molecule has 498 valence electrons. The van der Waals surface area contributed by atoms with Crippen LogP contribution in [-0.4, -0.2) is 225 Å². The zero-order valence-electron chi connectivity index (χ0n) is 55.2. The Bertz CT molecular complexity index is 2490. The predicted octanol–water partition coefficient (Wildman–Crippen LogP) is 4.45. The molecule has 25 nitrogen and oxygen atoms in total. The highest BCUT2D eigenvalue weighted by Gasteiger charge is 2.34. The average Bonchev–Trinajstić information content (AvgIpc) is 1.34. The van der Waals surface area contributed by atoms with Gasteiger partial charge in [0.1, 0.15) is 40.7 Å². The number of hydrogen-bond donors (Lipinski definition) is 3. The molecule has 0 bridgehead atoms. The molecule has 1 aliphatic rings. The third-order valence-electron chi connectivity index (χ3n) is 12.4. The van der Waals surface area contributed by atoms with Crippen molar-refractivity contribution in [3.05, 3.63) is 70.1 Å². The zero-order valence-corrected chi connectivity index (χ0v) is 55.2. The number of amides is 3. The lowest BCUT2D eigenvalue weighted by molar-refractivity contribution is -0.163. The van der Waals surface area contributed by atoms with Gasteiger partial charge in [-0.15, -0.1) is 4.73 Å². The SMILES string of the molecule is CC(C)(C)OC(=O)CN1CCN(CC(=O)OC(C)(C)C)CCN(C(CCC(=O)NCCC(=O)NC(COCCOCCOCCNC(=O)OC(C)(C)C)c2cccc(=O)n2OCc2ccccc2)C(=O)OC(C)(C)C)CCN(CC(=O)OC(C)(C)C)CC1. The molecular weight excluding hydrogens is 1140 g/mol. The lowest BCUT2D eigenvalue weighted by atomic mass is 10.1. The molecule has 1 aliphatic heterocycles. The van der Waals surface area contributed by atoms with Crippen molar-refractivity contribution in [3.63, 3.8) is 0 Å². The Kier molecular flexibility index (Phi) is 32.0. The Morgan fingerprint density at radius 2 is 0.955 bits per heavy atom. The Hall–Kier alpha value is -6.22. The van der Waals surface area contributed by atoms with Gasteiger partial charge in [-0.1, -0.05) is 36.4 Å². The number of carbonyl (C=O) groups excluding carboxylic acids is 7. The van der Waals surface area contributed by atoms with Crippen molar-refractivity contribution in [2.24, 2.45) is 0 Å². The van der Waals surface area contributed by atoms with E-state index in [-0.39, 0.29) is 124 Å². The molecule has 1 aromatic carbocycles. The number of alkyl carbamates (subject to hydrolysis) is 1. The molecule has 0 spiro atoms. The standard InChI is InChI=1S/C63H104N8O17/c1-59(2,3)84-54(75)42-67-29-31-68(43-55(76)85-60(4,5)6)33-35-70(36-34-69(32-30-67)44-56(77)86-61(7,8)9)50(57(78)87-62(10,11)12)24-25-51(72)64-27-26-52(73)66-48(49-22-19-23-53(74)71(49)83-45-47-20-17-16-18-21-47)46-82-41-40-81-39-38-80-37-28-65-58(79)88-63(13,14)15/h16-23,48,50H,24-46H2,1-15H3,(H,64,72)(H,65,79)(H,66,73). The van der Waals surface area contributed by atoms with Gasteiger partial charge in [-0.3, -0.25) is 53.2 Å². The Labute approximate surface area is 521 Å². The Morgan fingerprint density at radius 3 is 1.44 bits per heavy atom. The lowest BCUT2D eigenvalue weighted by Gasteiger charge is -2.37. The second kappa shape index (κ2) is 37.1. The van der Waals surface area contributed by atoms with Gasteiger partial charge < -0.3 is 58.7 Å². The van der Waals surface area contributed by atoms with E-state index in [4.69, 9.17) is 42.7 Å². The van der Waals surface area contributed by atoms with Crippen LogP contribution in [0.2, 0.25) is 0 Å². The summed E-state index contributed by atoms with van der Waals surface area (Å²) in [7, 11) is 0. The Morgan fingerprint density at radius 1 is 0.489 bits per heavy atom. The molecule has 1 fully saturated rings. The number of benzene rings is 1. The fourth-order valence-electron chi connectivity index (χ4n) is 8.75. The van der Waals surface area contributed by atoms with Crippen molar-refractivity contribution in [1.29, 1.82) is 0 Å². The van der Waals surface area contributed by atoms with E-state index in [0.717, 1.165) is 10.3 Å². The molecule has 1 saturated heterocycles. The summed E-state index contributed by atoms with van der Waals surface area (Å²) in [5, 5.41) is 8.39. The van der Waals surface area contributed by atoms with Gasteiger partial charge in [-0.05, 0) is 122 Å².